The van der Waals surface area contributed by atoms with Crippen LogP contribution in [-0.2, 0) is 18.2 Å². The molecule has 3 aromatic rings. The van der Waals surface area contributed by atoms with Crippen LogP contribution in [0, 0.1) is 0 Å². The van der Waals surface area contributed by atoms with Gasteiger partial charge < -0.3 is 15.7 Å². The maximum absolute atomic E-state index is 13.0. The van der Waals surface area contributed by atoms with Gasteiger partial charge in [-0.25, -0.2) is 0 Å². The van der Waals surface area contributed by atoms with E-state index in [9.17, 15) is 18.3 Å². The summed E-state index contributed by atoms with van der Waals surface area (Å²) in [6.45, 7) is 7.54. The van der Waals surface area contributed by atoms with Crippen LogP contribution in [0.3, 0.4) is 0 Å². The summed E-state index contributed by atoms with van der Waals surface area (Å²) in [5, 5.41) is 10.2. The lowest BCUT2D eigenvalue weighted by atomic mass is 9.95. The van der Waals surface area contributed by atoms with Gasteiger partial charge in [-0.1, -0.05) is 30.3 Å². The molecule has 37 heavy (non-hydrogen) atoms. The van der Waals surface area contributed by atoms with Crippen molar-refractivity contribution in [3.63, 3.8) is 0 Å². The molecule has 2 aromatic carbocycles. The molecule has 5 nitrogen and oxygen atoms in total. The summed E-state index contributed by atoms with van der Waals surface area (Å²) < 4.78 is 39.1. The Balaban J connectivity index is 1.26. The van der Waals surface area contributed by atoms with Crippen molar-refractivity contribution >= 4 is 11.4 Å². The number of nitrogens with two attached hydrogens (primary N) is 1. The van der Waals surface area contributed by atoms with Crippen molar-refractivity contribution in [1.82, 2.24) is 9.88 Å². The van der Waals surface area contributed by atoms with Crippen LogP contribution in [-0.4, -0.2) is 47.7 Å². The van der Waals surface area contributed by atoms with Gasteiger partial charge in [-0.05, 0) is 75.0 Å². The molecular weight excluding hydrogens is 477 g/mol. The van der Waals surface area contributed by atoms with Crippen LogP contribution in [0.15, 0.2) is 60.8 Å². The predicted molar refractivity (Wildman–Crippen MR) is 142 cm³/mol. The minimum Gasteiger partial charge on any atom is -0.397 e. The highest BCUT2D eigenvalue weighted by Crippen LogP contribution is 2.32. The van der Waals surface area contributed by atoms with E-state index in [4.69, 9.17) is 5.73 Å². The number of anilines is 2. The van der Waals surface area contributed by atoms with Crippen molar-refractivity contribution in [2.75, 3.05) is 43.4 Å². The van der Waals surface area contributed by atoms with Gasteiger partial charge in [0.1, 0.15) is 0 Å². The Morgan fingerprint density at radius 3 is 2.27 bits per heavy atom. The smallest absolute Gasteiger partial charge is 0.397 e. The maximum atomic E-state index is 13.0. The number of piperazine rings is 1. The zero-order valence-electron chi connectivity index (χ0n) is 21.4. The number of aromatic nitrogens is 1. The zero-order chi connectivity index (χ0) is 26.6. The molecule has 0 unspecified atom stereocenters. The summed E-state index contributed by atoms with van der Waals surface area (Å²) in [4.78, 5) is 8.89. The number of aryl methyl sites for hydroxylation is 1. The first kappa shape index (κ1) is 26.9. The number of unbranched alkanes of at least 4 members (excludes halogenated alkanes) is 1. The number of rotatable bonds is 8. The van der Waals surface area contributed by atoms with Crippen molar-refractivity contribution in [2.45, 2.75) is 44.9 Å². The number of nitrogens with zero attached hydrogens (tertiary/aromatic N) is 3. The van der Waals surface area contributed by atoms with Gasteiger partial charge in [0.2, 0.25) is 0 Å². The molecule has 1 aromatic heterocycles. The number of hydrogen-bond acceptors (Lipinski definition) is 5. The minimum atomic E-state index is -4.32. The lowest BCUT2D eigenvalue weighted by Gasteiger charge is -2.36. The largest absolute Gasteiger partial charge is 0.416 e. The number of pyridine rings is 1. The van der Waals surface area contributed by atoms with Gasteiger partial charge in [-0.15, -0.1) is 0 Å². The molecule has 0 amide bonds. The second-order valence-corrected chi connectivity index (χ2v) is 10.2. The van der Waals surface area contributed by atoms with E-state index in [-0.39, 0.29) is 0 Å². The van der Waals surface area contributed by atoms with Crippen LogP contribution in [0.25, 0.3) is 11.1 Å². The lowest BCUT2D eigenvalue weighted by Crippen LogP contribution is -2.46. The molecule has 198 valence electrons. The van der Waals surface area contributed by atoms with Gasteiger partial charge >= 0.3 is 6.18 Å². The van der Waals surface area contributed by atoms with E-state index in [1.54, 1.807) is 26.1 Å². The molecule has 1 aliphatic heterocycles. The van der Waals surface area contributed by atoms with Crippen LogP contribution in [0.5, 0.6) is 0 Å². The van der Waals surface area contributed by atoms with Crippen LogP contribution in [0.2, 0.25) is 0 Å². The van der Waals surface area contributed by atoms with Gasteiger partial charge in [0, 0.05) is 43.6 Å². The first-order valence-electron chi connectivity index (χ1n) is 12.7. The third-order valence-electron chi connectivity index (χ3n) is 7.02. The third kappa shape index (κ3) is 6.81. The molecule has 0 radical (unpaired) electrons. The van der Waals surface area contributed by atoms with E-state index in [2.05, 4.69) is 9.88 Å². The summed E-state index contributed by atoms with van der Waals surface area (Å²) >= 11 is 0. The van der Waals surface area contributed by atoms with E-state index in [1.807, 2.05) is 35.2 Å². The van der Waals surface area contributed by atoms with Gasteiger partial charge in [0.15, 0.2) is 0 Å². The fraction of sp³-hybridized carbons (Fsp3) is 0.414. The lowest BCUT2D eigenvalue weighted by molar-refractivity contribution is -0.137. The molecule has 0 aliphatic carbocycles. The molecule has 4 rings (SSSR count). The first-order chi connectivity index (χ1) is 17.5. The van der Waals surface area contributed by atoms with Crippen molar-refractivity contribution in [3.05, 3.63) is 77.6 Å². The Morgan fingerprint density at radius 2 is 1.62 bits per heavy atom. The number of nitrogen functional groups attached to an aromatic ring is 1. The molecular formula is C29H35F3N4O. The molecule has 0 spiro atoms. The molecule has 2 heterocycles. The quantitative estimate of drug-likeness (QED) is 0.378. The fourth-order valence-corrected chi connectivity index (χ4v) is 4.76. The Morgan fingerprint density at radius 1 is 0.919 bits per heavy atom. The molecule has 8 heteroatoms. The van der Waals surface area contributed by atoms with Crippen molar-refractivity contribution in [1.29, 1.82) is 0 Å². The Bertz CT molecular complexity index is 1180. The fourth-order valence-electron chi connectivity index (χ4n) is 4.76. The molecule has 1 saturated heterocycles. The van der Waals surface area contributed by atoms with Crippen LogP contribution in [0.4, 0.5) is 24.5 Å². The monoisotopic (exact) mass is 512 g/mol. The summed E-state index contributed by atoms with van der Waals surface area (Å²) in [6, 6.07) is 15.3. The number of alkyl halides is 3. The Labute approximate surface area is 216 Å². The molecule has 0 bridgehead atoms. The van der Waals surface area contributed by atoms with E-state index < -0.39 is 17.3 Å². The topological polar surface area (TPSA) is 65.6 Å². The normalized spacial score (nSPS) is 15.2. The number of halogens is 3. The number of aliphatic hydroxyl groups is 1. The van der Waals surface area contributed by atoms with Gasteiger partial charge in [0.25, 0.3) is 0 Å². The highest BCUT2D eigenvalue weighted by atomic mass is 19.4. The number of benzene rings is 2. The van der Waals surface area contributed by atoms with E-state index >= 15 is 0 Å². The summed E-state index contributed by atoms with van der Waals surface area (Å²) in [7, 11) is 0. The second-order valence-electron chi connectivity index (χ2n) is 10.2. The average molecular weight is 513 g/mol. The third-order valence-corrected chi connectivity index (χ3v) is 7.02. The highest BCUT2D eigenvalue weighted by Gasteiger charge is 2.31. The molecule has 0 saturated carbocycles. The average Bonchev–Trinajstić information content (AvgIpc) is 2.87. The summed E-state index contributed by atoms with van der Waals surface area (Å²) in [6.07, 6.45) is 0.197. The molecule has 1 fully saturated rings. The second kappa shape index (κ2) is 11.1. The van der Waals surface area contributed by atoms with E-state index in [1.165, 1.54) is 12.1 Å². The van der Waals surface area contributed by atoms with Crippen LogP contribution in [0.1, 0.15) is 43.5 Å². The molecule has 0 atom stereocenters. The SMILES string of the molecule is CC(C)(O)c1ccc(-c2ccnc(CCCCN3CCN(c4cccc(C(F)(F)F)c4)CC3)c2N)cc1. The molecule has 3 N–H and O–H groups in total. The Kier molecular flexibility index (Phi) is 8.09. The minimum absolute atomic E-state index is 0.601. The standard InChI is InChI=1S/C29H35F3N4O/c1-28(2,37)22-11-9-21(10-12-22)25-13-14-34-26(27(25)33)8-3-4-15-35-16-18-36(19-17-35)24-7-5-6-23(20-24)29(30,31)32/h5-7,9-14,20,37H,3-4,8,15-19,33H2,1-2H3. The Hall–Kier alpha value is -3.10. The number of hydrogen-bond donors (Lipinski definition) is 2. The van der Waals surface area contributed by atoms with Gasteiger partial charge in [0.05, 0.1) is 22.5 Å². The van der Waals surface area contributed by atoms with Crippen molar-refractivity contribution in [2.24, 2.45) is 0 Å². The van der Waals surface area contributed by atoms with Crippen LogP contribution < -0.4 is 10.6 Å². The van der Waals surface area contributed by atoms with Crippen LogP contribution >= 0.6 is 0 Å². The van der Waals surface area contributed by atoms with Crippen molar-refractivity contribution < 1.29 is 18.3 Å². The summed E-state index contributed by atoms with van der Waals surface area (Å²) in [5.74, 6) is 0. The molecule has 1 aliphatic rings. The van der Waals surface area contributed by atoms with Gasteiger partial charge in [-0.3, -0.25) is 9.88 Å². The van der Waals surface area contributed by atoms with Crippen molar-refractivity contribution in [3.8, 4) is 11.1 Å². The maximum Gasteiger partial charge on any atom is 0.416 e. The first-order valence-corrected chi connectivity index (χ1v) is 12.7. The van der Waals surface area contributed by atoms with Gasteiger partial charge in [-0.2, -0.15) is 13.2 Å². The van der Waals surface area contributed by atoms with E-state index in [0.29, 0.717) is 24.5 Å². The summed E-state index contributed by atoms with van der Waals surface area (Å²) in [5.41, 5.74) is 9.97. The highest BCUT2D eigenvalue weighted by molar-refractivity contribution is 5.77. The predicted octanol–water partition coefficient (Wildman–Crippen LogP) is 5.72. The van der Waals surface area contributed by atoms with E-state index in [0.717, 1.165) is 67.3 Å². The zero-order valence-corrected chi connectivity index (χ0v) is 21.4.